The maximum atomic E-state index is 12.4. The van der Waals surface area contributed by atoms with E-state index in [4.69, 9.17) is 4.74 Å². The van der Waals surface area contributed by atoms with Gasteiger partial charge in [-0.3, -0.25) is 4.79 Å². The van der Waals surface area contributed by atoms with Gasteiger partial charge < -0.3 is 10.1 Å². The minimum atomic E-state index is -0.284. The van der Waals surface area contributed by atoms with E-state index >= 15 is 0 Å². The number of nitriles is 1. The van der Waals surface area contributed by atoms with E-state index in [0.29, 0.717) is 12.5 Å². The second kappa shape index (κ2) is 8.38. The number of rotatable bonds is 5. The van der Waals surface area contributed by atoms with Crippen LogP contribution in [0.5, 0.6) is 5.75 Å². The molecule has 0 bridgehead atoms. The molecule has 1 aliphatic rings. The van der Waals surface area contributed by atoms with Crippen molar-refractivity contribution >= 4 is 12.0 Å². The SMILES string of the molecule is CCOc1cccc(/C=C(\C#N)C(=O)NC2CCCCC2C)c1. The summed E-state index contributed by atoms with van der Waals surface area (Å²) >= 11 is 0. The van der Waals surface area contributed by atoms with Crippen molar-refractivity contribution in [1.29, 1.82) is 5.26 Å². The van der Waals surface area contributed by atoms with Crippen molar-refractivity contribution in [3.63, 3.8) is 0 Å². The summed E-state index contributed by atoms with van der Waals surface area (Å²) in [7, 11) is 0. The summed E-state index contributed by atoms with van der Waals surface area (Å²) in [6.45, 7) is 4.66. The highest BCUT2D eigenvalue weighted by molar-refractivity contribution is 6.01. The van der Waals surface area contributed by atoms with E-state index in [-0.39, 0.29) is 17.5 Å². The van der Waals surface area contributed by atoms with Gasteiger partial charge in [0.05, 0.1) is 6.61 Å². The molecule has 1 N–H and O–H groups in total. The minimum absolute atomic E-state index is 0.136. The quantitative estimate of drug-likeness (QED) is 0.666. The van der Waals surface area contributed by atoms with Crippen molar-refractivity contribution in [3.05, 3.63) is 35.4 Å². The van der Waals surface area contributed by atoms with Crippen LogP contribution in [0.25, 0.3) is 6.08 Å². The Balaban J connectivity index is 2.10. The fraction of sp³-hybridized carbons (Fsp3) is 0.474. The highest BCUT2D eigenvalue weighted by atomic mass is 16.5. The average Bonchev–Trinajstić information content (AvgIpc) is 2.55. The minimum Gasteiger partial charge on any atom is -0.494 e. The highest BCUT2D eigenvalue weighted by Crippen LogP contribution is 2.24. The Kier molecular flexibility index (Phi) is 6.22. The number of hydrogen-bond donors (Lipinski definition) is 1. The number of hydrogen-bond acceptors (Lipinski definition) is 3. The molecule has 0 radical (unpaired) electrons. The molecule has 2 unspecified atom stereocenters. The number of carbonyl (C=O) groups is 1. The van der Waals surface area contributed by atoms with E-state index in [0.717, 1.165) is 30.6 Å². The molecule has 2 atom stereocenters. The van der Waals surface area contributed by atoms with Crippen molar-refractivity contribution in [1.82, 2.24) is 5.32 Å². The van der Waals surface area contributed by atoms with E-state index in [1.54, 1.807) is 6.08 Å². The summed E-state index contributed by atoms with van der Waals surface area (Å²) in [6.07, 6.45) is 6.10. The van der Waals surface area contributed by atoms with E-state index in [1.807, 2.05) is 37.3 Å². The van der Waals surface area contributed by atoms with Crippen molar-refractivity contribution in [3.8, 4) is 11.8 Å². The molecule has 0 saturated heterocycles. The summed E-state index contributed by atoms with van der Waals surface area (Å²) in [6, 6.07) is 9.58. The molecule has 4 nitrogen and oxygen atoms in total. The molecule has 1 aliphatic carbocycles. The maximum Gasteiger partial charge on any atom is 0.262 e. The first-order chi connectivity index (χ1) is 11.1. The van der Waals surface area contributed by atoms with Crippen LogP contribution >= 0.6 is 0 Å². The van der Waals surface area contributed by atoms with Crippen LogP contribution in [0.15, 0.2) is 29.8 Å². The van der Waals surface area contributed by atoms with Gasteiger partial charge in [0.25, 0.3) is 5.91 Å². The third kappa shape index (κ3) is 4.85. The van der Waals surface area contributed by atoms with Crippen molar-refractivity contribution in [2.45, 2.75) is 45.6 Å². The Hall–Kier alpha value is -2.28. The van der Waals surface area contributed by atoms with Gasteiger partial charge >= 0.3 is 0 Å². The number of ether oxygens (including phenoxy) is 1. The van der Waals surface area contributed by atoms with Gasteiger partial charge in [-0.15, -0.1) is 0 Å². The number of benzene rings is 1. The van der Waals surface area contributed by atoms with E-state index < -0.39 is 0 Å². The second-order valence-corrected chi connectivity index (χ2v) is 6.02. The van der Waals surface area contributed by atoms with E-state index in [9.17, 15) is 10.1 Å². The predicted molar refractivity (Wildman–Crippen MR) is 90.8 cm³/mol. The first-order valence-electron chi connectivity index (χ1n) is 8.29. The predicted octanol–water partition coefficient (Wildman–Crippen LogP) is 3.69. The Morgan fingerprint density at radius 3 is 2.91 bits per heavy atom. The maximum absolute atomic E-state index is 12.4. The van der Waals surface area contributed by atoms with Crippen LogP contribution in [-0.2, 0) is 4.79 Å². The van der Waals surface area contributed by atoms with E-state index in [1.165, 1.54) is 6.42 Å². The van der Waals surface area contributed by atoms with Crippen LogP contribution in [0.2, 0.25) is 0 Å². The van der Waals surface area contributed by atoms with Gasteiger partial charge in [0.15, 0.2) is 0 Å². The summed E-state index contributed by atoms with van der Waals surface area (Å²) in [5.74, 6) is 0.918. The van der Waals surface area contributed by atoms with Crippen LogP contribution in [-0.4, -0.2) is 18.6 Å². The van der Waals surface area contributed by atoms with Crippen LogP contribution < -0.4 is 10.1 Å². The third-order valence-electron chi connectivity index (χ3n) is 4.27. The third-order valence-corrected chi connectivity index (χ3v) is 4.27. The zero-order valence-corrected chi connectivity index (χ0v) is 13.8. The van der Waals surface area contributed by atoms with Gasteiger partial charge in [-0.25, -0.2) is 0 Å². The Morgan fingerprint density at radius 1 is 1.43 bits per heavy atom. The van der Waals surface area contributed by atoms with Crippen LogP contribution in [0.1, 0.15) is 45.1 Å². The van der Waals surface area contributed by atoms with Crippen LogP contribution in [0, 0.1) is 17.2 Å². The first-order valence-corrected chi connectivity index (χ1v) is 8.29. The Labute approximate surface area is 138 Å². The molecule has 122 valence electrons. The van der Waals surface area contributed by atoms with Gasteiger partial charge in [0, 0.05) is 6.04 Å². The molecular formula is C19H24N2O2. The molecule has 1 amide bonds. The summed E-state index contributed by atoms with van der Waals surface area (Å²) in [5.41, 5.74) is 0.927. The molecule has 23 heavy (non-hydrogen) atoms. The highest BCUT2D eigenvalue weighted by Gasteiger charge is 2.23. The van der Waals surface area contributed by atoms with Gasteiger partial charge in [-0.1, -0.05) is 31.9 Å². The largest absolute Gasteiger partial charge is 0.494 e. The average molecular weight is 312 g/mol. The second-order valence-electron chi connectivity index (χ2n) is 6.02. The van der Waals surface area contributed by atoms with Crippen molar-refractivity contribution in [2.75, 3.05) is 6.61 Å². The number of nitrogens with one attached hydrogen (secondary N) is 1. The number of carbonyl (C=O) groups excluding carboxylic acids is 1. The van der Waals surface area contributed by atoms with Gasteiger partial charge in [-0.05, 0) is 49.5 Å². The lowest BCUT2D eigenvalue weighted by Crippen LogP contribution is -2.41. The van der Waals surface area contributed by atoms with Gasteiger partial charge in [0.1, 0.15) is 17.4 Å². The summed E-state index contributed by atoms with van der Waals surface area (Å²) in [5, 5.41) is 12.3. The van der Waals surface area contributed by atoms with Gasteiger partial charge in [0.2, 0.25) is 0 Å². The first kappa shape index (κ1) is 17.1. The molecule has 1 aromatic rings. The molecule has 1 aromatic carbocycles. The zero-order valence-electron chi connectivity index (χ0n) is 13.8. The Bertz CT molecular complexity index is 616. The standard InChI is InChI=1S/C19H24N2O2/c1-3-23-17-9-6-8-15(12-17)11-16(13-20)19(22)21-18-10-5-4-7-14(18)2/h6,8-9,11-12,14,18H,3-5,7,10H2,1-2H3,(H,21,22)/b16-11+. The molecule has 4 heteroatoms. The molecule has 2 rings (SSSR count). The molecule has 0 aliphatic heterocycles. The lowest BCUT2D eigenvalue weighted by Gasteiger charge is -2.29. The lowest BCUT2D eigenvalue weighted by molar-refractivity contribution is -0.118. The molecule has 0 heterocycles. The summed E-state index contributed by atoms with van der Waals surface area (Å²) < 4.78 is 5.45. The molecule has 1 fully saturated rings. The monoisotopic (exact) mass is 312 g/mol. The van der Waals surface area contributed by atoms with Crippen molar-refractivity contribution in [2.24, 2.45) is 5.92 Å². The fourth-order valence-electron chi connectivity index (χ4n) is 2.95. The molecular weight excluding hydrogens is 288 g/mol. The van der Waals surface area contributed by atoms with Gasteiger partial charge in [-0.2, -0.15) is 5.26 Å². The van der Waals surface area contributed by atoms with Crippen molar-refractivity contribution < 1.29 is 9.53 Å². The van der Waals surface area contributed by atoms with Crippen LogP contribution in [0.4, 0.5) is 0 Å². The molecule has 1 saturated carbocycles. The topological polar surface area (TPSA) is 62.1 Å². The Morgan fingerprint density at radius 2 is 2.22 bits per heavy atom. The lowest BCUT2D eigenvalue weighted by atomic mass is 9.86. The summed E-state index contributed by atoms with van der Waals surface area (Å²) in [4.78, 5) is 12.4. The van der Waals surface area contributed by atoms with Crippen LogP contribution in [0.3, 0.4) is 0 Å². The zero-order chi connectivity index (χ0) is 16.7. The molecule has 0 aromatic heterocycles. The molecule has 0 spiro atoms. The fourth-order valence-corrected chi connectivity index (χ4v) is 2.95. The van der Waals surface area contributed by atoms with E-state index in [2.05, 4.69) is 12.2 Å². The smallest absolute Gasteiger partial charge is 0.262 e. The number of nitrogens with zero attached hydrogens (tertiary/aromatic N) is 1. The number of amides is 1. The normalized spacial score (nSPS) is 21.3.